The Kier molecular flexibility index (Phi) is 5.55. The molecule has 0 heterocycles. The monoisotopic (exact) mass is 216 g/mol. The first kappa shape index (κ1) is 12.7. The second kappa shape index (κ2) is 7.00. The molecule has 0 atom stereocenters. The standard InChI is InChI=1S/C15H20O/c1-13(2)12-15(16)11-7-6-10-14-8-4-3-5-9-14/h3-5,7-9,11,13H,6,10,12H2,1-2H3/b11-7+. The molecule has 1 rings (SSSR count). The number of hydrogen-bond acceptors (Lipinski definition) is 1. The summed E-state index contributed by atoms with van der Waals surface area (Å²) in [6, 6.07) is 10.3. The molecule has 0 fully saturated rings. The van der Waals surface area contributed by atoms with E-state index in [0.29, 0.717) is 12.3 Å². The lowest BCUT2D eigenvalue weighted by molar-refractivity contribution is -0.115. The number of benzene rings is 1. The molecule has 0 radical (unpaired) electrons. The van der Waals surface area contributed by atoms with Crippen molar-refractivity contribution < 1.29 is 4.79 Å². The van der Waals surface area contributed by atoms with E-state index < -0.39 is 0 Å². The lowest BCUT2D eigenvalue weighted by Crippen LogP contribution is -1.98. The predicted octanol–water partition coefficient (Wildman–Crippen LogP) is 3.79. The van der Waals surface area contributed by atoms with E-state index in [1.165, 1.54) is 5.56 Å². The Morgan fingerprint density at radius 3 is 2.56 bits per heavy atom. The van der Waals surface area contributed by atoms with Gasteiger partial charge in [0.1, 0.15) is 0 Å². The number of allylic oxidation sites excluding steroid dienone is 2. The molecule has 0 saturated carbocycles. The van der Waals surface area contributed by atoms with E-state index >= 15 is 0 Å². The Hall–Kier alpha value is -1.37. The van der Waals surface area contributed by atoms with Gasteiger partial charge in [-0.25, -0.2) is 0 Å². The van der Waals surface area contributed by atoms with Crippen LogP contribution in [0.15, 0.2) is 42.5 Å². The third kappa shape index (κ3) is 5.50. The van der Waals surface area contributed by atoms with Crippen molar-refractivity contribution in [3.63, 3.8) is 0 Å². The molecule has 0 aliphatic heterocycles. The molecule has 1 aromatic carbocycles. The minimum atomic E-state index is 0.239. The fraction of sp³-hybridized carbons (Fsp3) is 0.400. The van der Waals surface area contributed by atoms with E-state index in [1.807, 2.05) is 24.3 Å². The van der Waals surface area contributed by atoms with Crippen LogP contribution in [0.5, 0.6) is 0 Å². The molecule has 0 saturated heterocycles. The molecule has 86 valence electrons. The second-order valence-electron chi connectivity index (χ2n) is 4.49. The summed E-state index contributed by atoms with van der Waals surface area (Å²) in [6.07, 6.45) is 6.31. The van der Waals surface area contributed by atoms with Crippen LogP contribution in [0.1, 0.15) is 32.3 Å². The average Bonchev–Trinajstić information content (AvgIpc) is 2.25. The van der Waals surface area contributed by atoms with Crippen LogP contribution in [0.25, 0.3) is 0 Å². The zero-order valence-electron chi connectivity index (χ0n) is 10.1. The maximum absolute atomic E-state index is 11.4. The number of rotatable bonds is 6. The molecule has 1 nitrogen and oxygen atoms in total. The fourth-order valence-corrected chi connectivity index (χ4v) is 1.58. The quantitative estimate of drug-likeness (QED) is 0.661. The highest BCUT2D eigenvalue weighted by atomic mass is 16.1. The van der Waals surface area contributed by atoms with Crippen LogP contribution < -0.4 is 0 Å². The number of aryl methyl sites for hydroxylation is 1. The van der Waals surface area contributed by atoms with Crippen LogP contribution in [0.3, 0.4) is 0 Å². The summed E-state index contributed by atoms with van der Waals surface area (Å²) in [5.74, 6) is 0.689. The van der Waals surface area contributed by atoms with Crippen molar-refractivity contribution in [2.24, 2.45) is 5.92 Å². The van der Waals surface area contributed by atoms with Crippen LogP contribution >= 0.6 is 0 Å². The highest BCUT2D eigenvalue weighted by Crippen LogP contribution is 2.04. The Bertz CT molecular complexity index is 336. The van der Waals surface area contributed by atoms with E-state index in [1.54, 1.807) is 6.08 Å². The molecule has 0 aromatic heterocycles. The predicted molar refractivity (Wildman–Crippen MR) is 68.4 cm³/mol. The van der Waals surface area contributed by atoms with Crippen molar-refractivity contribution in [2.75, 3.05) is 0 Å². The van der Waals surface area contributed by atoms with E-state index in [0.717, 1.165) is 12.8 Å². The molecule has 0 unspecified atom stereocenters. The van der Waals surface area contributed by atoms with Gasteiger partial charge in [0, 0.05) is 6.42 Å². The molecule has 1 aromatic rings. The summed E-state index contributed by atoms with van der Waals surface area (Å²) in [6.45, 7) is 4.13. The van der Waals surface area contributed by atoms with Gasteiger partial charge >= 0.3 is 0 Å². The van der Waals surface area contributed by atoms with Gasteiger partial charge in [0.25, 0.3) is 0 Å². The van der Waals surface area contributed by atoms with Crippen molar-refractivity contribution in [1.82, 2.24) is 0 Å². The first-order valence-electron chi connectivity index (χ1n) is 5.92. The fourth-order valence-electron chi connectivity index (χ4n) is 1.58. The summed E-state index contributed by atoms with van der Waals surface area (Å²) >= 11 is 0. The minimum Gasteiger partial charge on any atom is -0.295 e. The van der Waals surface area contributed by atoms with Crippen molar-refractivity contribution in [2.45, 2.75) is 33.1 Å². The first-order chi connectivity index (χ1) is 7.68. The van der Waals surface area contributed by atoms with Crippen molar-refractivity contribution in [1.29, 1.82) is 0 Å². The van der Waals surface area contributed by atoms with Crippen molar-refractivity contribution >= 4 is 5.78 Å². The van der Waals surface area contributed by atoms with E-state index in [-0.39, 0.29) is 5.78 Å². The van der Waals surface area contributed by atoms with Gasteiger partial charge < -0.3 is 0 Å². The molecule has 16 heavy (non-hydrogen) atoms. The average molecular weight is 216 g/mol. The highest BCUT2D eigenvalue weighted by molar-refractivity contribution is 5.89. The topological polar surface area (TPSA) is 17.1 Å². The molecule has 0 bridgehead atoms. The summed E-state index contributed by atoms with van der Waals surface area (Å²) in [7, 11) is 0. The van der Waals surface area contributed by atoms with Gasteiger partial charge in [-0.3, -0.25) is 4.79 Å². The zero-order chi connectivity index (χ0) is 11.8. The molecule has 0 N–H and O–H groups in total. The molecular weight excluding hydrogens is 196 g/mol. The maximum Gasteiger partial charge on any atom is 0.155 e. The third-order valence-corrected chi connectivity index (χ3v) is 2.36. The van der Waals surface area contributed by atoms with Crippen LogP contribution in [0.2, 0.25) is 0 Å². The number of hydrogen-bond donors (Lipinski definition) is 0. The smallest absolute Gasteiger partial charge is 0.155 e. The van der Waals surface area contributed by atoms with Crippen molar-refractivity contribution in [3.8, 4) is 0 Å². The van der Waals surface area contributed by atoms with Gasteiger partial charge in [0.2, 0.25) is 0 Å². The molecule has 0 amide bonds. The van der Waals surface area contributed by atoms with Crippen LogP contribution in [0, 0.1) is 5.92 Å². The number of carbonyl (C=O) groups is 1. The Balaban J connectivity index is 2.25. The molecule has 0 aliphatic carbocycles. The van der Waals surface area contributed by atoms with Crippen LogP contribution in [-0.2, 0) is 11.2 Å². The zero-order valence-corrected chi connectivity index (χ0v) is 10.1. The summed E-state index contributed by atoms with van der Waals surface area (Å²) < 4.78 is 0. The summed E-state index contributed by atoms with van der Waals surface area (Å²) in [5.41, 5.74) is 1.32. The highest BCUT2D eigenvalue weighted by Gasteiger charge is 1.99. The van der Waals surface area contributed by atoms with Crippen LogP contribution in [-0.4, -0.2) is 5.78 Å². The first-order valence-corrected chi connectivity index (χ1v) is 5.92. The van der Waals surface area contributed by atoms with Crippen molar-refractivity contribution in [3.05, 3.63) is 48.0 Å². The molecular formula is C15H20O. The lowest BCUT2D eigenvalue weighted by Gasteiger charge is -1.99. The normalized spacial score (nSPS) is 11.2. The Morgan fingerprint density at radius 2 is 1.94 bits per heavy atom. The summed E-state index contributed by atoms with van der Waals surface area (Å²) in [4.78, 5) is 11.4. The van der Waals surface area contributed by atoms with Gasteiger partial charge in [-0.1, -0.05) is 50.3 Å². The SMILES string of the molecule is CC(C)CC(=O)/C=C/CCc1ccccc1. The second-order valence-corrected chi connectivity index (χ2v) is 4.49. The Morgan fingerprint density at radius 1 is 1.25 bits per heavy atom. The van der Waals surface area contributed by atoms with E-state index in [2.05, 4.69) is 26.0 Å². The number of carbonyl (C=O) groups excluding carboxylic acids is 1. The van der Waals surface area contributed by atoms with Gasteiger partial charge in [0.15, 0.2) is 5.78 Å². The van der Waals surface area contributed by atoms with Gasteiger partial charge in [0.05, 0.1) is 0 Å². The Labute approximate surface area is 98.2 Å². The minimum absolute atomic E-state index is 0.239. The molecule has 0 aliphatic rings. The molecule has 1 heteroatoms. The summed E-state index contributed by atoms with van der Waals surface area (Å²) in [5, 5.41) is 0. The van der Waals surface area contributed by atoms with Gasteiger partial charge in [-0.05, 0) is 30.4 Å². The van der Waals surface area contributed by atoms with E-state index in [9.17, 15) is 4.79 Å². The number of ketones is 1. The largest absolute Gasteiger partial charge is 0.295 e. The van der Waals surface area contributed by atoms with Gasteiger partial charge in [-0.15, -0.1) is 0 Å². The molecule has 0 spiro atoms. The van der Waals surface area contributed by atoms with E-state index in [4.69, 9.17) is 0 Å². The maximum atomic E-state index is 11.4. The third-order valence-electron chi connectivity index (χ3n) is 2.36. The van der Waals surface area contributed by atoms with Gasteiger partial charge in [-0.2, -0.15) is 0 Å². The van der Waals surface area contributed by atoms with Crippen LogP contribution in [0.4, 0.5) is 0 Å². The lowest BCUT2D eigenvalue weighted by atomic mass is 10.1.